The van der Waals surface area contributed by atoms with Gasteiger partial charge in [0.2, 0.25) is 0 Å². The summed E-state index contributed by atoms with van der Waals surface area (Å²) in [5.74, 6) is 0.797. The topological polar surface area (TPSA) is 17.1 Å². The maximum Gasteiger partial charge on any atom is 0.173 e. The molecule has 0 aromatic carbocycles. The summed E-state index contributed by atoms with van der Waals surface area (Å²) >= 11 is 7.07. The van der Waals surface area contributed by atoms with E-state index in [0.29, 0.717) is 12.3 Å². The van der Waals surface area contributed by atoms with Crippen molar-refractivity contribution >= 4 is 28.7 Å². The standard InChI is InChI=1S/C10H13ClOS/c1-7-6-13-10(8(7)2)9(12)4-3-5-11/h6H,3-5H2,1-2H3. The Morgan fingerprint density at radius 3 is 2.69 bits per heavy atom. The molecule has 0 aliphatic rings. The number of alkyl halides is 1. The van der Waals surface area contributed by atoms with Gasteiger partial charge in [0.15, 0.2) is 5.78 Å². The molecule has 1 aromatic heterocycles. The van der Waals surface area contributed by atoms with Crippen molar-refractivity contribution in [3.8, 4) is 0 Å². The summed E-state index contributed by atoms with van der Waals surface area (Å²) in [4.78, 5) is 12.5. The number of halogens is 1. The van der Waals surface area contributed by atoms with E-state index in [-0.39, 0.29) is 5.78 Å². The number of carbonyl (C=O) groups excluding carboxylic acids is 1. The first-order chi connectivity index (χ1) is 6.16. The molecule has 13 heavy (non-hydrogen) atoms. The van der Waals surface area contributed by atoms with E-state index in [0.717, 1.165) is 16.9 Å². The molecule has 0 atom stereocenters. The van der Waals surface area contributed by atoms with E-state index in [1.165, 1.54) is 5.56 Å². The van der Waals surface area contributed by atoms with Crippen LogP contribution in [0, 0.1) is 13.8 Å². The fraction of sp³-hybridized carbons (Fsp3) is 0.500. The third kappa shape index (κ3) is 2.55. The average Bonchev–Trinajstić information content (AvgIpc) is 2.44. The summed E-state index contributed by atoms with van der Waals surface area (Å²) < 4.78 is 0. The van der Waals surface area contributed by atoms with Gasteiger partial charge in [-0.05, 0) is 36.8 Å². The molecule has 1 nitrogen and oxygen atoms in total. The quantitative estimate of drug-likeness (QED) is 0.556. The predicted octanol–water partition coefficient (Wildman–Crippen LogP) is 3.57. The number of hydrogen-bond acceptors (Lipinski definition) is 2. The van der Waals surface area contributed by atoms with Gasteiger partial charge in [-0.2, -0.15) is 0 Å². The van der Waals surface area contributed by atoms with Crippen LogP contribution in [0.5, 0.6) is 0 Å². The highest BCUT2D eigenvalue weighted by molar-refractivity contribution is 7.12. The van der Waals surface area contributed by atoms with E-state index in [4.69, 9.17) is 11.6 Å². The minimum absolute atomic E-state index is 0.233. The van der Waals surface area contributed by atoms with Crippen molar-refractivity contribution in [2.24, 2.45) is 0 Å². The van der Waals surface area contributed by atoms with Gasteiger partial charge in [-0.1, -0.05) is 0 Å². The average molecular weight is 217 g/mol. The molecule has 0 amide bonds. The van der Waals surface area contributed by atoms with Crippen molar-refractivity contribution in [1.29, 1.82) is 0 Å². The highest BCUT2D eigenvalue weighted by Crippen LogP contribution is 2.22. The van der Waals surface area contributed by atoms with E-state index in [1.54, 1.807) is 11.3 Å². The third-order valence-corrected chi connectivity index (χ3v) is 3.58. The van der Waals surface area contributed by atoms with Crippen LogP contribution in [0.2, 0.25) is 0 Å². The second-order valence-corrected chi connectivity index (χ2v) is 4.35. The summed E-state index contributed by atoms with van der Waals surface area (Å²) in [6.45, 7) is 4.03. The summed E-state index contributed by atoms with van der Waals surface area (Å²) in [5, 5.41) is 2.03. The van der Waals surface area contributed by atoms with Crippen LogP contribution in [0.3, 0.4) is 0 Å². The van der Waals surface area contributed by atoms with Crippen molar-refractivity contribution < 1.29 is 4.79 Å². The summed E-state index contributed by atoms with van der Waals surface area (Å²) in [5.41, 5.74) is 2.34. The van der Waals surface area contributed by atoms with E-state index >= 15 is 0 Å². The number of rotatable bonds is 4. The van der Waals surface area contributed by atoms with Crippen LogP contribution < -0.4 is 0 Å². The molecule has 0 aliphatic carbocycles. The highest BCUT2D eigenvalue weighted by atomic mass is 35.5. The first kappa shape index (κ1) is 10.7. The number of thiophene rings is 1. The molecule has 0 N–H and O–H groups in total. The van der Waals surface area contributed by atoms with Crippen LogP contribution in [0.1, 0.15) is 33.6 Å². The lowest BCUT2D eigenvalue weighted by Gasteiger charge is -1.97. The first-order valence-electron chi connectivity index (χ1n) is 4.30. The van der Waals surface area contributed by atoms with Crippen LogP contribution in [-0.4, -0.2) is 11.7 Å². The Bertz CT molecular complexity index is 304. The molecule has 3 heteroatoms. The first-order valence-corrected chi connectivity index (χ1v) is 5.72. The molecule has 0 radical (unpaired) electrons. The molecule has 0 aliphatic heterocycles. The fourth-order valence-corrected chi connectivity index (χ4v) is 2.30. The van der Waals surface area contributed by atoms with Crippen LogP contribution in [0.4, 0.5) is 0 Å². The maximum atomic E-state index is 11.6. The molecule has 0 unspecified atom stereocenters. The van der Waals surface area contributed by atoms with E-state index in [2.05, 4.69) is 0 Å². The zero-order valence-electron chi connectivity index (χ0n) is 7.89. The highest BCUT2D eigenvalue weighted by Gasteiger charge is 2.11. The van der Waals surface area contributed by atoms with E-state index in [9.17, 15) is 4.79 Å². The lowest BCUT2D eigenvalue weighted by molar-refractivity contribution is 0.0985. The van der Waals surface area contributed by atoms with Gasteiger partial charge < -0.3 is 0 Å². The molecule has 1 aromatic rings. The van der Waals surface area contributed by atoms with Gasteiger partial charge in [-0.25, -0.2) is 0 Å². The molecule has 0 bridgehead atoms. The lowest BCUT2D eigenvalue weighted by Crippen LogP contribution is -1.98. The van der Waals surface area contributed by atoms with Crippen LogP contribution in [0.15, 0.2) is 5.38 Å². The van der Waals surface area contributed by atoms with Crippen molar-refractivity contribution in [1.82, 2.24) is 0 Å². The van der Waals surface area contributed by atoms with Crippen LogP contribution in [0.25, 0.3) is 0 Å². The Balaban J connectivity index is 2.71. The van der Waals surface area contributed by atoms with Crippen molar-refractivity contribution in [2.75, 3.05) is 5.88 Å². The van der Waals surface area contributed by atoms with Crippen molar-refractivity contribution in [3.05, 3.63) is 21.4 Å². The van der Waals surface area contributed by atoms with Crippen molar-refractivity contribution in [3.63, 3.8) is 0 Å². The molecule has 0 fully saturated rings. The molecule has 0 saturated carbocycles. The number of Topliss-reactive ketones (excluding diaryl/α,β-unsaturated/α-hetero) is 1. The van der Waals surface area contributed by atoms with Crippen LogP contribution >= 0.6 is 22.9 Å². The lowest BCUT2D eigenvalue weighted by atomic mass is 10.1. The molecule has 1 rings (SSSR count). The van der Waals surface area contributed by atoms with Gasteiger partial charge in [0.1, 0.15) is 0 Å². The summed E-state index contributed by atoms with van der Waals surface area (Å²) in [6, 6.07) is 0. The summed E-state index contributed by atoms with van der Waals surface area (Å²) in [7, 11) is 0. The van der Waals surface area contributed by atoms with E-state index in [1.807, 2.05) is 19.2 Å². The molecular weight excluding hydrogens is 204 g/mol. The van der Waals surface area contributed by atoms with Gasteiger partial charge >= 0.3 is 0 Å². The van der Waals surface area contributed by atoms with Crippen LogP contribution in [-0.2, 0) is 0 Å². The molecule has 72 valence electrons. The maximum absolute atomic E-state index is 11.6. The van der Waals surface area contributed by atoms with Crippen molar-refractivity contribution in [2.45, 2.75) is 26.7 Å². The molecule has 0 spiro atoms. The zero-order chi connectivity index (χ0) is 9.84. The Kier molecular flexibility index (Phi) is 3.94. The number of ketones is 1. The molecule has 1 heterocycles. The zero-order valence-corrected chi connectivity index (χ0v) is 9.47. The third-order valence-electron chi connectivity index (χ3n) is 2.08. The van der Waals surface area contributed by atoms with E-state index < -0.39 is 0 Å². The Morgan fingerprint density at radius 2 is 2.23 bits per heavy atom. The normalized spacial score (nSPS) is 10.4. The van der Waals surface area contributed by atoms with Gasteiger partial charge in [-0.15, -0.1) is 22.9 Å². The second kappa shape index (κ2) is 4.77. The molecule has 0 saturated heterocycles. The van der Waals surface area contributed by atoms with Gasteiger partial charge in [0, 0.05) is 12.3 Å². The smallest absolute Gasteiger partial charge is 0.173 e. The predicted molar refractivity (Wildman–Crippen MR) is 58.1 cm³/mol. The Hall–Kier alpha value is -0.340. The fourth-order valence-electron chi connectivity index (χ4n) is 1.12. The SMILES string of the molecule is Cc1csc(C(=O)CCCCl)c1C. The molecular formula is C10H13ClOS. The number of hydrogen-bond donors (Lipinski definition) is 0. The number of aryl methyl sites for hydroxylation is 1. The van der Waals surface area contributed by atoms with Gasteiger partial charge in [0.25, 0.3) is 0 Å². The Morgan fingerprint density at radius 1 is 1.54 bits per heavy atom. The number of carbonyl (C=O) groups is 1. The minimum Gasteiger partial charge on any atom is -0.293 e. The second-order valence-electron chi connectivity index (χ2n) is 3.09. The monoisotopic (exact) mass is 216 g/mol. The minimum atomic E-state index is 0.233. The van der Waals surface area contributed by atoms with Gasteiger partial charge in [-0.3, -0.25) is 4.79 Å². The summed E-state index contributed by atoms with van der Waals surface area (Å²) in [6.07, 6.45) is 1.35. The Labute approximate surface area is 87.7 Å². The van der Waals surface area contributed by atoms with Gasteiger partial charge in [0.05, 0.1) is 4.88 Å². The largest absolute Gasteiger partial charge is 0.293 e.